The highest BCUT2D eigenvalue weighted by atomic mass is 16.5. The lowest BCUT2D eigenvalue weighted by atomic mass is 10.1. The summed E-state index contributed by atoms with van der Waals surface area (Å²) >= 11 is 0. The van der Waals surface area contributed by atoms with Gasteiger partial charge in [-0.05, 0) is 47.5 Å². The van der Waals surface area contributed by atoms with E-state index >= 15 is 0 Å². The van der Waals surface area contributed by atoms with Crippen molar-refractivity contribution >= 4 is 18.0 Å². The minimum atomic E-state index is -0.535. The second kappa shape index (κ2) is 10.4. The lowest BCUT2D eigenvalue weighted by molar-refractivity contribution is -0.119. The van der Waals surface area contributed by atoms with Crippen LogP contribution in [0.5, 0.6) is 5.75 Å². The number of nitrogens with two attached hydrogens (primary N) is 1. The topological polar surface area (TPSA) is 106 Å². The summed E-state index contributed by atoms with van der Waals surface area (Å²) in [7, 11) is 0. The molecule has 0 aliphatic carbocycles. The number of primary amides is 1. The molecule has 0 saturated carbocycles. The number of rotatable bonds is 8. The number of ether oxygens (including phenoxy) is 2. The van der Waals surface area contributed by atoms with Crippen molar-refractivity contribution in [2.75, 3.05) is 32.9 Å². The van der Waals surface area contributed by atoms with Crippen LogP contribution in [0.3, 0.4) is 0 Å². The molecule has 1 saturated heterocycles. The molecule has 1 aliphatic heterocycles. The Hall–Kier alpha value is -3.23. The van der Waals surface area contributed by atoms with E-state index in [-0.39, 0.29) is 12.5 Å². The minimum absolute atomic E-state index is 0.172. The first-order chi connectivity index (χ1) is 14.1. The zero-order valence-electron chi connectivity index (χ0n) is 16.0. The Morgan fingerprint density at radius 2 is 1.79 bits per heavy atom. The first kappa shape index (κ1) is 20.5. The maximum absolute atomic E-state index is 12.2. The Kier molecular flexibility index (Phi) is 7.32. The van der Waals surface area contributed by atoms with Crippen LogP contribution in [-0.2, 0) is 16.1 Å². The third kappa shape index (κ3) is 6.70. The van der Waals surface area contributed by atoms with Gasteiger partial charge in [0.25, 0.3) is 11.8 Å². The summed E-state index contributed by atoms with van der Waals surface area (Å²) < 4.78 is 10.5. The Balaban J connectivity index is 1.47. The fraction of sp³-hybridized carbons (Fsp3) is 0.286. The smallest absolute Gasteiger partial charge is 0.271 e. The summed E-state index contributed by atoms with van der Waals surface area (Å²) in [6.07, 6.45) is 1.53. The zero-order valence-corrected chi connectivity index (χ0v) is 16.0. The van der Waals surface area contributed by atoms with Gasteiger partial charge in [0.2, 0.25) is 0 Å². The van der Waals surface area contributed by atoms with Crippen LogP contribution < -0.4 is 15.9 Å². The lowest BCUT2D eigenvalue weighted by Gasteiger charge is -2.26. The fourth-order valence-electron chi connectivity index (χ4n) is 2.81. The van der Waals surface area contributed by atoms with E-state index in [1.165, 1.54) is 6.21 Å². The molecule has 1 heterocycles. The number of morpholine rings is 1. The quantitative estimate of drug-likeness (QED) is 0.514. The van der Waals surface area contributed by atoms with Gasteiger partial charge in [-0.1, -0.05) is 12.1 Å². The molecule has 0 spiro atoms. The van der Waals surface area contributed by atoms with Gasteiger partial charge in [0.15, 0.2) is 6.61 Å². The number of nitrogens with one attached hydrogen (secondary N) is 1. The molecule has 3 N–H and O–H groups in total. The highest BCUT2D eigenvalue weighted by Crippen LogP contribution is 2.11. The van der Waals surface area contributed by atoms with Crippen molar-refractivity contribution in [3.8, 4) is 5.75 Å². The van der Waals surface area contributed by atoms with Crippen LogP contribution in [0.4, 0.5) is 0 Å². The summed E-state index contributed by atoms with van der Waals surface area (Å²) in [6, 6.07) is 14.4. The number of benzene rings is 2. The van der Waals surface area contributed by atoms with E-state index in [1.54, 1.807) is 36.4 Å². The predicted molar refractivity (Wildman–Crippen MR) is 109 cm³/mol. The molecule has 2 aromatic carbocycles. The molecule has 3 rings (SSSR count). The molecular weight excluding hydrogens is 372 g/mol. The van der Waals surface area contributed by atoms with Gasteiger partial charge in [-0.2, -0.15) is 5.10 Å². The highest BCUT2D eigenvalue weighted by molar-refractivity contribution is 5.94. The number of hydrogen-bond donors (Lipinski definition) is 2. The van der Waals surface area contributed by atoms with Gasteiger partial charge < -0.3 is 15.2 Å². The second-order valence-electron chi connectivity index (χ2n) is 6.61. The van der Waals surface area contributed by atoms with E-state index in [1.807, 2.05) is 12.1 Å². The summed E-state index contributed by atoms with van der Waals surface area (Å²) in [4.78, 5) is 25.2. The molecule has 1 fully saturated rings. The van der Waals surface area contributed by atoms with Crippen LogP contribution in [0.2, 0.25) is 0 Å². The van der Waals surface area contributed by atoms with E-state index in [9.17, 15) is 9.59 Å². The van der Waals surface area contributed by atoms with Crippen LogP contribution in [-0.4, -0.2) is 55.8 Å². The van der Waals surface area contributed by atoms with Crippen molar-refractivity contribution in [3.05, 3.63) is 65.2 Å². The van der Waals surface area contributed by atoms with Gasteiger partial charge in [0.05, 0.1) is 19.4 Å². The van der Waals surface area contributed by atoms with Crippen LogP contribution in [0.15, 0.2) is 53.6 Å². The maximum atomic E-state index is 12.2. The van der Waals surface area contributed by atoms with Crippen molar-refractivity contribution in [3.63, 3.8) is 0 Å². The molecule has 8 nitrogen and oxygen atoms in total. The van der Waals surface area contributed by atoms with Gasteiger partial charge in [-0.25, -0.2) is 5.43 Å². The summed E-state index contributed by atoms with van der Waals surface area (Å²) in [5.74, 6) is -0.282. The molecular formula is C21H24N4O4. The van der Waals surface area contributed by atoms with Crippen molar-refractivity contribution in [1.29, 1.82) is 0 Å². The number of nitrogens with zero attached hydrogens (tertiary/aromatic N) is 2. The number of carbonyl (C=O) groups excluding carboxylic acids is 2. The monoisotopic (exact) mass is 396 g/mol. The van der Waals surface area contributed by atoms with Crippen LogP contribution >= 0.6 is 0 Å². The molecule has 2 aromatic rings. The Morgan fingerprint density at radius 3 is 2.45 bits per heavy atom. The fourth-order valence-corrected chi connectivity index (χ4v) is 2.81. The average molecular weight is 396 g/mol. The van der Waals surface area contributed by atoms with Crippen LogP contribution in [0.1, 0.15) is 21.5 Å². The van der Waals surface area contributed by atoms with Crippen molar-refractivity contribution in [1.82, 2.24) is 10.3 Å². The van der Waals surface area contributed by atoms with E-state index in [2.05, 4.69) is 15.4 Å². The van der Waals surface area contributed by atoms with E-state index in [0.717, 1.165) is 44.0 Å². The van der Waals surface area contributed by atoms with Crippen molar-refractivity contribution in [2.24, 2.45) is 10.8 Å². The first-order valence-electron chi connectivity index (χ1n) is 9.34. The van der Waals surface area contributed by atoms with E-state index < -0.39 is 5.91 Å². The third-order valence-electron chi connectivity index (χ3n) is 4.37. The number of amides is 2. The predicted octanol–water partition coefficient (Wildman–Crippen LogP) is 1.15. The molecule has 0 atom stereocenters. The molecule has 8 heteroatoms. The third-order valence-corrected chi connectivity index (χ3v) is 4.37. The number of hydrazone groups is 1. The minimum Gasteiger partial charge on any atom is -0.484 e. The standard InChI is InChI=1S/C21H24N4O4/c22-20(26)15-29-19-7-3-16(4-8-19)13-23-24-21(27)18-5-1-17(2-6-18)14-25-9-11-28-12-10-25/h1-8,13H,9-12,14-15H2,(H2,22,26)(H,24,27)/b23-13-. The first-order valence-corrected chi connectivity index (χ1v) is 9.34. The van der Waals surface area contributed by atoms with E-state index in [4.69, 9.17) is 15.2 Å². The average Bonchev–Trinajstić information content (AvgIpc) is 2.74. The summed E-state index contributed by atoms with van der Waals surface area (Å²) in [6.45, 7) is 4.06. The van der Waals surface area contributed by atoms with Crippen LogP contribution in [0, 0.1) is 0 Å². The number of carbonyl (C=O) groups is 2. The van der Waals surface area contributed by atoms with Crippen LogP contribution in [0.25, 0.3) is 0 Å². The lowest BCUT2D eigenvalue weighted by Crippen LogP contribution is -2.35. The van der Waals surface area contributed by atoms with E-state index in [0.29, 0.717) is 11.3 Å². The molecule has 2 amide bonds. The molecule has 0 aromatic heterocycles. The van der Waals surface area contributed by atoms with Crippen molar-refractivity contribution < 1.29 is 19.1 Å². The van der Waals surface area contributed by atoms with Gasteiger partial charge >= 0.3 is 0 Å². The zero-order chi connectivity index (χ0) is 20.5. The summed E-state index contributed by atoms with van der Waals surface area (Å²) in [5.41, 5.74) is 10.0. The molecule has 0 bridgehead atoms. The molecule has 0 unspecified atom stereocenters. The van der Waals surface area contributed by atoms with Gasteiger partial charge in [-0.15, -0.1) is 0 Å². The van der Waals surface area contributed by atoms with Gasteiger partial charge in [0, 0.05) is 25.2 Å². The Bertz CT molecular complexity index is 844. The summed E-state index contributed by atoms with van der Waals surface area (Å²) in [5, 5.41) is 3.98. The number of hydrogen-bond acceptors (Lipinski definition) is 6. The van der Waals surface area contributed by atoms with Gasteiger partial charge in [-0.3, -0.25) is 14.5 Å². The molecule has 0 radical (unpaired) electrons. The highest BCUT2D eigenvalue weighted by Gasteiger charge is 2.11. The van der Waals surface area contributed by atoms with Crippen molar-refractivity contribution in [2.45, 2.75) is 6.54 Å². The SMILES string of the molecule is NC(=O)COc1ccc(/C=N\NC(=O)c2ccc(CN3CCOCC3)cc2)cc1. The molecule has 1 aliphatic rings. The molecule has 152 valence electrons. The molecule has 29 heavy (non-hydrogen) atoms. The Labute approximate surface area is 169 Å². The second-order valence-corrected chi connectivity index (χ2v) is 6.61. The normalized spacial score (nSPS) is 14.6. The largest absolute Gasteiger partial charge is 0.484 e. The maximum Gasteiger partial charge on any atom is 0.271 e. The Morgan fingerprint density at radius 1 is 1.10 bits per heavy atom. The van der Waals surface area contributed by atoms with Gasteiger partial charge in [0.1, 0.15) is 5.75 Å².